The zero-order valence-electron chi connectivity index (χ0n) is 10.2. The first kappa shape index (κ1) is 12.6. The minimum atomic E-state index is 0.144. The van der Waals surface area contributed by atoms with Crippen molar-refractivity contribution >= 4 is 11.5 Å². The zero-order chi connectivity index (χ0) is 12.0. The van der Waals surface area contributed by atoms with Crippen LogP contribution in [0.15, 0.2) is 24.3 Å². The molecule has 0 spiro atoms. The fourth-order valence-corrected chi connectivity index (χ4v) is 1.78. The van der Waals surface area contributed by atoms with Gasteiger partial charge in [0, 0.05) is 24.3 Å². The number of rotatable bonds is 6. The summed E-state index contributed by atoms with van der Waals surface area (Å²) in [5.74, 6) is 0.144. The summed E-state index contributed by atoms with van der Waals surface area (Å²) < 4.78 is 0. The summed E-state index contributed by atoms with van der Waals surface area (Å²) in [5, 5.41) is 7.57. The molecule has 1 aromatic rings. The first-order valence-electron chi connectivity index (χ1n) is 5.89. The Bertz CT molecular complexity index is 347. The van der Waals surface area contributed by atoms with Gasteiger partial charge in [0.1, 0.15) is 5.84 Å². The number of nitrogens with one attached hydrogen (secondary N) is 1. The molecule has 0 aromatic heterocycles. The van der Waals surface area contributed by atoms with Crippen molar-refractivity contribution in [2.75, 3.05) is 18.0 Å². The van der Waals surface area contributed by atoms with Crippen molar-refractivity contribution in [3.8, 4) is 0 Å². The predicted molar refractivity (Wildman–Crippen MR) is 70.3 cm³/mol. The van der Waals surface area contributed by atoms with E-state index >= 15 is 0 Å². The standard InChI is InChI=1S/C13H21N3/c1-3-5-10-16(4-2)12-9-7-6-8-11(12)13(14)15/h6-9H,3-5,10H2,1-2H3,(H3,14,15). The van der Waals surface area contributed by atoms with Gasteiger partial charge < -0.3 is 10.6 Å². The zero-order valence-corrected chi connectivity index (χ0v) is 10.2. The summed E-state index contributed by atoms with van der Waals surface area (Å²) >= 11 is 0. The lowest BCUT2D eigenvalue weighted by Crippen LogP contribution is -2.27. The highest BCUT2D eigenvalue weighted by atomic mass is 15.1. The maximum Gasteiger partial charge on any atom is 0.124 e. The van der Waals surface area contributed by atoms with Gasteiger partial charge in [0.2, 0.25) is 0 Å². The molecule has 1 aromatic carbocycles. The summed E-state index contributed by atoms with van der Waals surface area (Å²) in [7, 11) is 0. The minimum Gasteiger partial charge on any atom is -0.384 e. The lowest BCUT2D eigenvalue weighted by molar-refractivity contribution is 0.732. The molecule has 88 valence electrons. The van der Waals surface area contributed by atoms with E-state index in [1.54, 1.807) is 0 Å². The molecular weight excluding hydrogens is 198 g/mol. The van der Waals surface area contributed by atoms with Crippen molar-refractivity contribution in [3.63, 3.8) is 0 Å². The number of nitrogens with zero attached hydrogens (tertiary/aromatic N) is 1. The number of nitrogen functional groups attached to an aromatic ring is 1. The molecule has 0 saturated heterocycles. The van der Waals surface area contributed by atoms with Crippen molar-refractivity contribution in [1.29, 1.82) is 5.41 Å². The van der Waals surface area contributed by atoms with E-state index in [9.17, 15) is 0 Å². The molecule has 0 fully saturated rings. The van der Waals surface area contributed by atoms with Crippen molar-refractivity contribution in [2.24, 2.45) is 5.73 Å². The average Bonchev–Trinajstić information content (AvgIpc) is 2.30. The molecule has 0 bridgehead atoms. The molecule has 3 heteroatoms. The van der Waals surface area contributed by atoms with Crippen LogP contribution in [0.25, 0.3) is 0 Å². The van der Waals surface area contributed by atoms with E-state index in [-0.39, 0.29) is 5.84 Å². The number of para-hydroxylation sites is 1. The Kier molecular flexibility index (Phi) is 4.83. The molecule has 16 heavy (non-hydrogen) atoms. The molecule has 0 saturated carbocycles. The third-order valence-corrected chi connectivity index (χ3v) is 2.70. The highest BCUT2D eigenvalue weighted by Gasteiger charge is 2.10. The Hall–Kier alpha value is -1.51. The molecule has 0 aliphatic rings. The van der Waals surface area contributed by atoms with Crippen LogP contribution < -0.4 is 10.6 Å². The molecule has 0 aliphatic heterocycles. The van der Waals surface area contributed by atoms with Gasteiger partial charge in [-0.25, -0.2) is 0 Å². The molecular formula is C13H21N3. The second-order valence-electron chi connectivity index (χ2n) is 3.86. The van der Waals surface area contributed by atoms with Crippen molar-refractivity contribution in [3.05, 3.63) is 29.8 Å². The highest BCUT2D eigenvalue weighted by molar-refractivity contribution is 6.00. The number of amidine groups is 1. The second kappa shape index (κ2) is 6.16. The lowest BCUT2D eigenvalue weighted by Gasteiger charge is -2.25. The van der Waals surface area contributed by atoms with Crippen molar-refractivity contribution < 1.29 is 0 Å². The van der Waals surface area contributed by atoms with Gasteiger partial charge in [-0.15, -0.1) is 0 Å². The van der Waals surface area contributed by atoms with Gasteiger partial charge in [0.05, 0.1) is 0 Å². The summed E-state index contributed by atoms with van der Waals surface area (Å²) in [6.07, 6.45) is 2.35. The first-order chi connectivity index (χ1) is 7.70. The summed E-state index contributed by atoms with van der Waals surface area (Å²) in [4.78, 5) is 2.28. The fourth-order valence-electron chi connectivity index (χ4n) is 1.78. The molecule has 3 nitrogen and oxygen atoms in total. The summed E-state index contributed by atoms with van der Waals surface area (Å²) in [6.45, 7) is 6.29. The molecule has 0 heterocycles. The number of hydrogen-bond donors (Lipinski definition) is 2. The van der Waals surface area contributed by atoms with E-state index in [4.69, 9.17) is 11.1 Å². The maximum atomic E-state index is 7.57. The van der Waals surface area contributed by atoms with E-state index in [1.807, 2.05) is 24.3 Å². The normalized spacial score (nSPS) is 10.1. The minimum absolute atomic E-state index is 0.144. The number of anilines is 1. The third-order valence-electron chi connectivity index (χ3n) is 2.70. The Morgan fingerprint density at radius 3 is 2.56 bits per heavy atom. The van der Waals surface area contributed by atoms with Crippen LogP contribution in [0.2, 0.25) is 0 Å². The highest BCUT2D eigenvalue weighted by Crippen LogP contribution is 2.20. The fraction of sp³-hybridized carbons (Fsp3) is 0.462. The maximum absolute atomic E-state index is 7.57. The van der Waals surface area contributed by atoms with Gasteiger partial charge >= 0.3 is 0 Å². The topological polar surface area (TPSA) is 53.1 Å². The largest absolute Gasteiger partial charge is 0.384 e. The second-order valence-corrected chi connectivity index (χ2v) is 3.86. The van der Waals surface area contributed by atoms with Gasteiger partial charge in [-0.05, 0) is 25.5 Å². The molecule has 0 atom stereocenters. The average molecular weight is 219 g/mol. The SMILES string of the molecule is CCCCN(CC)c1ccccc1C(=N)N. The monoisotopic (exact) mass is 219 g/mol. The van der Waals surface area contributed by atoms with Crippen molar-refractivity contribution in [2.45, 2.75) is 26.7 Å². The molecule has 0 aliphatic carbocycles. The number of benzene rings is 1. The van der Waals surface area contributed by atoms with Gasteiger partial charge in [-0.3, -0.25) is 5.41 Å². The number of unbranched alkanes of at least 4 members (excludes halogenated alkanes) is 1. The van der Waals surface area contributed by atoms with Crippen LogP contribution in [0.1, 0.15) is 32.3 Å². The van der Waals surface area contributed by atoms with Gasteiger partial charge in [-0.2, -0.15) is 0 Å². The Morgan fingerprint density at radius 2 is 2.00 bits per heavy atom. The third kappa shape index (κ3) is 2.99. The van der Waals surface area contributed by atoms with Crippen LogP contribution >= 0.6 is 0 Å². The van der Waals surface area contributed by atoms with E-state index in [0.717, 1.165) is 24.3 Å². The Labute approximate surface area is 97.8 Å². The number of nitrogens with two attached hydrogens (primary N) is 1. The van der Waals surface area contributed by atoms with Gasteiger partial charge in [0.25, 0.3) is 0 Å². The van der Waals surface area contributed by atoms with Crippen LogP contribution in [0.4, 0.5) is 5.69 Å². The van der Waals surface area contributed by atoms with Crippen molar-refractivity contribution in [1.82, 2.24) is 0 Å². The Morgan fingerprint density at radius 1 is 1.31 bits per heavy atom. The quantitative estimate of drug-likeness (QED) is 0.571. The molecule has 3 N–H and O–H groups in total. The van der Waals surface area contributed by atoms with Gasteiger partial charge in [-0.1, -0.05) is 25.5 Å². The van der Waals surface area contributed by atoms with Crippen LogP contribution in [0.3, 0.4) is 0 Å². The van der Waals surface area contributed by atoms with Gasteiger partial charge in [0.15, 0.2) is 0 Å². The summed E-state index contributed by atoms with van der Waals surface area (Å²) in [6, 6.07) is 7.87. The Balaban J connectivity index is 2.94. The van der Waals surface area contributed by atoms with Crippen LogP contribution in [0, 0.1) is 5.41 Å². The smallest absolute Gasteiger partial charge is 0.124 e. The first-order valence-corrected chi connectivity index (χ1v) is 5.89. The van der Waals surface area contributed by atoms with E-state index in [1.165, 1.54) is 12.8 Å². The summed E-state index contributed by atoms with van der Waals surface area (Å²) in [5.41, 5.74) is 7.50. The molecule has 1 rings (SSSR count). The van der Waals surface area contributed by atoms with Crippen LogP contribution in [-0.2, 0) is 0 Å². The molecule has 0 radical (unpaired) electrons. The molecule has 0 unspecified atom stereocenters. The predicted octanol–water partition coefficient (Wildman–Crippen LogP) is 2.60. The van der Waals surface area contributed by atoms with Crippen LogP contribution in [0.5, 0.6) is 0 Å². The van der Waals surface area contributed by atoms with E-state index < -0.39 is 0 Å². The molecule has 0 amide bonds. The number of hydrogen-bond acceptors (Lipinski definition) is 2. The van der Waals surface area contributed by atoms with E-state index in [0.29, 0.717) is 0 Å². The van der Waals surface area contributed by atoms with E-state index in [2.05, 4.69) is 18.7 Å². The lowest BCUT2D eigenvalue weighted by atomic mass is 10.1. The van der Waals surface area contributed by atoms with Crippen LogP contribution in [-0.4, -0.2) is 18.9 Å².